The van der Waals surface area contributed by atoms with Crippen LogP contribution in [-0.2, 0) is 6.42 Å². The summed E-state index contributed by atoms with van der Waals surface area (Å²) in [5, 5.41) is 3.40. The van der Waals surface area contributed by atoms with Crippen molar-refractivity contribution in [2.45, 2.75) is 19.8 Å². The molecule has 0 heterocycles. The van der Waals surface area contributed by atoms with Crippen LogP contribution >= 0.6 is 12.4 Å². The lowest BCUT2D eigenvalue weighted by Gasteiger charge is -2.19. The standard InChI is InChI=1S/C13H17NO.ClH/c1-3-14-13-6-4-5-10-7-8-11(15-2)9-12(10)13;/h6-9,14H,3-5H2,1-2H3;1H. The normalized spacial score (nSPS) is 13.2. The predicted molar refractivity (Wildman–Crippen MR) is 70.2 cm³/mol. The molecule has 2 nitrogen and oxygen atoms in total. The van der Waals surface area contributed by atoms with E-state index in [4.69, 9.17) is 4.74 Å². The topological polar surface area (TPSA) is 21.3 Å². The Morgan fingerprint density at radius 1 is 1.38 bits per heavy atom. The van der Waals surface area contributed by atoms with E-state index in [-0.39, 0.29) is 12.4 Å². The van der Waals surface area contributed by atoms with E-state index in [0.29, 0.717) is 0 Å². The van der Waals surface area contributed by atoms with Crippen molar-refractivity contribution < 1.29 is 4.74 Å². The molecule has 0 aliphatic heterocycles. The van der Waals surface area contributed by atoms with Gasteiger partial charge in [-0.2, -0.15) is 0 Å². The van der Waals surface area contributed by atoms with Crippen molar-refractivity contribution in [3.63, 3.8) is 0 Å². The van der Waals surface area contributed by atoms with Crippen LogP contribution in [0.25, 0.3) is 5.70 Å². The number of benzene rings is 1. The quantitative estimate of drug-likeness (QED) is 0.876. The van der Waals surface area contributed by atoms with E-state index in [2.05, 4.69) is 30.4 Å². The number of allylic oxidation sites excluding steroid dienone is 1. The highest BCUT2D eigenvalue weighted by Crippen LogP contribution is 2.28. The summed E-state index contributed by atoms with van der Waals surface area (Å²) in [6.07, 6.45) is 4.53. The molecular weight excluding hydrogens is 222 g/mol. The van der Waals surface area contributed by atoms with E-state index in [1.807, 2.05) is 6.07 Å². The Morgan fingerprint density at radius 2 is 2.19 bits per heavy atom. The Labute approximate surface area is 103 Å². The Balaban J connectivity index is 0.00000128. The van der Waals surface area contributed by atoms with Gasteiger partial charge in [-0.3, -0.25) is 0 Å². The number of rotatable bonds is 3. The van der Waals surface area contributed by atoms with Crippen LogP contribution in [0, 0.1) is 0 Å². The molecule has 3 heteroatoms. The maximum atomic E-state index is 5.25. The Kier molecular flexibility index (Phi) is 4.69. The molecule has 2 rings (SSSR count). The monoisotopic (exact) mass is 239 g/mol. The zero-order valence-corrected chi connectivity index (χ0v) is 10.6. The molecule has 1 N–H and O–H groups in total. The zero-order valence-electron chi connectivity index (χ0n) is 9.75. The van der Waals surface area contributed by atoms with Crippen molar-refractivity contribution >= 4 is 18.1 Å². The van der Waals surface area contributed by atoms with Gasteiger partial charge < -0.3 is 10.1 Å². The van der Waals surface area contributed by atoms with Gasteiger partial charge >= 0.3 is 0 Å². The fraction of sp³-hybridized carbons (Fsp3) is 0.385. The van der Waals surface area contributed by atoms with Crippen molar-refractivity contribution in [2.75, 3.05) is 13.7 Å². The predicted octanol–water partition coefficient (Wildman–Crippen LogP) is 3.01. The molecule has 88 valence electrons. The molecule has 16 heavy (non-hydrogen) atoms. The van der Waals surface area contributed by atoms with Crippen LogP contribution in [0.1, 0.15) is 24.5 Å². The largest absolute Gasteiger partial charge is 0.497 e. The van der Waals surface area contributed by atoms with Gasteiger partial charge in [-0.25, -0.2) is 0 Å². The van der Waals surface area contributed by atoms with E-state index in [1.54, 1.807) is 7.11 Å². The Hall–Kier alpha value is -1.15. The number of methoxy groups -OCH3 is 1. The highest BCUT2D eigenvalue weighted by Gasteiger charge is 2.12. The van der Waals surface area contributed by atoms with Crippen LogP contribution in [0.5, 0.6) is 5.75 Å². The maximum absolute atomic E-state index is 5.25. The van der Waals surface area contributed by atoms with Gasteiger partial charge in [0.1, 0.15) is 5.75 Å². The summed E-state index contributed by atoms with van der Waals surface area (Å²) < 4.78 is 5.25. The van der Waals surface area contributed by atoms with Gasteiger partial charge in [0.25, 0.3) is 0 Å². The second-order valence-electron chi connectivity index (χ2n) is 3.71. The number of fused-ring (bicyclic) bond motifs is 1. The summed E-state index contributed by atoms with van der Waals surface area (Å²) in [5.74, 6) is 0.930. The minimum Gasteiger partial charge on any atom is -0.497 e. The third-order valence-corrected chi connectivity index (χ3v) is 2.74. The van der Waals surface area contributed by atoms with Crippen molar-refractivity contribution in [3.8, 4) is 5.75 Å². The third kappa shape index (κ3) is 2.50. The lowest BCUT2D eigenvalue weighted by Crippen LogP contribution is -2.15. The molecule has 0 amide bonds. The molecule has 0 radical (unpaired) electrons. The number of hydrogen-bond donors (Lipinski definition) is 1. The second-order valence-corrected chi connectivity index (χ2v) is 3.71. The van der Waals surface area contributed by atoms with Gasteiger partial charge in [0.05, 0.1) is 7.11 Å². The molecule has 0 unspecified atom stereocenters. The van der Waals surface area contributed by atoms with E-state index in [0.717, 1.165) is 25.1 Å². The number of ether oxygens (including phenoxy) is 1. The molecule has 0 bridgehead atoms. The average molecular weight is 240 g/mol. The lowest BCUT2D eigenvalue weighted by atomic mass is 9.94. The summed E-state index contributed by atoms with van der Waals surface area (Å²) in [4.78, 5) is 0. The van der Waals surface area contributed by atoms with Crippen LogP contribution in [0.3, 0.4) is 0 Å². The summed E-state index contributed by atoms with van der Waals surface area (Å²) >= 11 is 0. The van der Waals surface area contributed by atoms with Crippen LogP contribution in [-0.4, -0.2) is 13.7 Å². The Bertz CT molecular complexity index is 388. The Morgan fingerprint density at radius 3 is 2.88 bits per heavy atom. The number of aryl methyl sites for hydroxylation is 1. The van der Waals surface area contributed by atoms with Crippen LogP contribution in [0.2, 0.25) is 0 Å². The average Bonchev–Trinajstić information content (AvgIpc) is 2.29. The van der Waals surface area contributed by atoms with Crippen molar-refractivity contribution in [3.05, 3.63) is 35.4 Å². The summed E-state index contributed by atoms with van der Waals surface area (Å²) in [6, 6.07) is 6.31. The number of nitrogens with one attached hydrogen (secondary N) is 1. The maximum Gasteiger partial charge on any atom is 0.119 e. The van der Waals surface area contributed by atoms with Gasteiger partial charge in [0.15, 0.2) is 0 Å². The molecule has 1 aromatic rings. The molecule has 0 aromatic heterocycles. The van der Waals surface area contributed by atoms with Gasteiger partial charge in [0, 0.05) is 17.8 Å². The molecule has 1 aliphatic carbocycles. The van der Waals surface area contributed by atoms with Crippen LogP contribution in [0.4, 0.5) is 0 Å². The van der Waals surface area contributed by atoms with Gasteiger partial charge in [-0.15, -0.1) is 12.4 Å². The van der Waals surface area contributed by atoms with Gasteiger partial charge in [-0.05, 0) is 37.5 Å². The molecule has 0 saturated carbocycles. The first-order valence-electron chi connectivity index (χ1n) is 5.46. The summed E-state index contributed by atoms with van der Waals surface area (Å²) in [7, 11) is 1.71. The minimum absolute atomic E-state index is 0. The van der Waals surface area contributed by atoms with Crippen molar-refractivity contribution in [2.24, 2.45) is 0 Å². The van der Waals surface area contributed by atoms with E-state index < -0.39 is 0 Å². The molecule has 1 aliphatic rings. The lowest BCUT2D eigenvalue weighted by molar-refractivity contribution is 0.414. The molecule has 0 spiro atoms. The van der Waals surface area contributed by atoms with E-state index in [1.165, 1.54) is 16.8 Å². The first kappa shape index (κ1) is 12.9. The first-order valence-corrected chi connectivity index (χ1v) is 5.46. The first-order chi connectivity index (χ1) is 7.35. The SMILES string of the molecule is CCNC1=CCCc2ccc(OC)cc21.Cl. The van der Waals surface area contributed by atoms with Gasteiger partial charge in [-0.1, -0.05) is 12.1 Å². The fourth-order valence-corrected chi connectivity index (χ4v) is 1.99. The van der Waals surface area contributed by atoms with Crippen molar-refractivity contribution in [1.82, 2.24) is 5.32 Å². The van der Waals surface area contributed by atoms with Crippen LogP contribution < -0.4 is 10.1 Å². The summed E-state index contributed by atoms with van der Waals surface area (Å²) in [5.41, 5.74) is 3.95. The fourth-order valence-electron chi connectivity index (χ4n) is 1.99. The smallest absolute Gasteiger partial charge is 0.119 e. The molecule has 0 atom stereocenters. The molecular formula is C13H18ClNO. The summed E-state index contributed by atoms with van der Waals surface area (Å²) in [6.45, 7) is 3.08. The van der Waals surface area contributed by atoms with E-state index in [9.17, 15) is 0 Å². The highest BCUT2D eigenvalue weighted by molar-refractivity contribution is 5.85. The van der Waals surface area contributed by atoms with Crippen LogP contribution in [0.15, 0.2) is 24.3 Å². The third-order valence-electron chi connectivity index (χ3n) is 2.74. The highest BCUT2D eigenvalue weighted by atomic mass is 35.5. The zero-order chi connectivity index (χ0) is 10.7. The number of hydrogen-bond acceptors (Lipinski definition) is 2. The molecule has 0 saturated heterocycles. The van der Waals surface area contributed by atoms with Crippen molar-refractivity contribution in [1.29, 1.82) is 0 Å². The van der Waals surface area contributed by atoms with E-state index >= 15 is 0 Å². The second kappa shape index (κ2) is 5.80. The molecule has 0 fully saturated rings. The number of halogens is 1. The molecule has 1 aromatic carbocycles. The van der Waals surface area contributed by atoms with Gasteiger partial charge in [0.2, 0.25) is 0 Å². The minimum atomic E-state index is 0.